The van der Waals surface area contributed by atoms with Crippen LogP contribution in [0.5, 0.6) is 0 Å². The summed E-state index contributed by atoms with van der Waals surface area (Å²) in [6, 6.07) is 7.91. The molecular weight excluding hydrogens is 306 g/mol. The van der Waals surface area contributed by atoms with Gasteiger partial charge in [-0.05, 0) is 42.4 Å². The lowest BCUT2D eigenvalue weighted by atomic mass is 10.2. The number of nitrogens with one attached hydrogen (secondary N) is 1. The summed E-state index contributed by atoms with van der Waals surface area (Å²) in [5.41, 5.74) is 2.09. The fourth-order valence-electron chi connectivity index (χ4n) is 1.72. The Morgan fingerprint density at radius 1 is 1.33 bits per heavy atom. The Labute approximate surface area is 134 Å². The van der Waals surface area contributed by atoms with Crippen molar-refractivity contribution in [3.05, 3.63) is 46.7 Å². The minimum absolute atomic E-state index is 0.701. The molecule has 0 saturated heterocycles. The first kappa shape index (κ1) is 16.2. The van der Waals surface area contributed by atoms with Crippen LogP contribution < -0.4 is 5.32 Å². The molecule has 0 unspecified atom stereocenters. The van der Waals surface area contributed by atoms with Crippen molar-refractivity contribution in [2.24, 2.45) is 0 Å². The van der Waals surface area contributed by atoms with Crippen molar-refractivity contribution >= 4 is 23.4 Å². The molecule has 1 N–H and O–H groups in total. The second kappa shape index (κ2) is 8.34. The Bertz CT molecular complexity index is 595. The number of aryl methyl sites for hydroxylation is 1. The maximum Gasteiger partial charge on any atom is 0.192 e. The summed E-state index contributed by atoms with van der Waals surface area (Å²) in [5, 5.41) is 4.72. The first-order chi connectivity index (χ1) is 10.2. The number of ether oxygens (including phenoxy) is 1. The molecule has 0 amide bonds. The van der Waals surface area contributed by atoms with Crippen LogP contribution in [0, 0.1) is 6.92 Å². The van der Waals surface area contributed by atoms with E-state index in [9.17, 15) is 0 Å². The largest absolute Gasteiger partial charge is 0.383 e. The molecule has 6 heteroatoms. The summed E-state index contributed by atoms with van der Waals surface area (Å²) < 4.78 is 4.99. The van der Waals surface area contributed by atoms with Crippen molar-refractivity contribution in [3.63, 3.8) is 0 Å². The van der Waals surface area contributed by atoms with E-state index in [2.05, 4.69) is 21.4 Å². The lowest BCUT2D eigenvalue weighted by molar-refractivity contribution is 0.199. The van der Waals surface area contributed by atoms with Gasteiger partial charge in [0, 0.05) is 37.0 Å². The number of aromatic nitrogens is 2. The predicted octanol–water partition coefficient (Wildman–Crippen LogP) is 3.33. The van der Waals surface area contributed by atoms with E-state index in [4.69, 9.17) is 16.3 Å². The number of methoxy groups -OCH3 is 1. The third-order valence-electron chi connectivity index (χ3n) is 2.78. The van der Waals surface area contributed by atoms with Crippen LogP contribution in [0.15, 0.2) is 40.5 Å². The van der Waals surface area contributed by atoms with Crippen LogP contribution in [0.4, 0.5) is 0 Å². The summed E-state index contributed by atoms with van der Waals surface area (Å²) >= 11 is 7.80. The number of hydrogen-bond acceptors (Lipinski definition) is 5. The van der Waals surface area contributed by atoms with Gasteiger partial charge >= 0.3 is 0 Å². The first-order valence-electron chi connectivity index (χ1n) is 6.64. The molecule has 0 radical (unpaired) electrons. The molecule has 0 saturated carbocycles. The zero-order chi connectivity index (χ0) is 15.1. The zero-order valence-corrected chi connectivity index (χ0v) is 13.7. The van der Waals surface area contributed by atoms with Gasteiger partial charge in [-0.2, -0.15) is 0 Å². The third-order valence-corrected chi connectivity index (χ3v) is 4.16. The molecule has 0 aliphatic rings. The van der Waals surface area contributed by atoms with E-state index in [0.717, 1.165) is 34.3 Å². The van der Waals surface area contributed by atoms with Crippen LogP contribution in [-0.4, -0.2) is 30.2 Å². The normalized spacial score (nSPS) is 10.8. The lowest BCUT2D eigenvalue weighted by Crippen LogP contribution is -2.18. The zero-order valence-electron chi connectivity index (χ0n) is 12.1. The van der Waals surface area contributed by atoms with Crippen LogP contribution in [-0.2, 0) is 11.3 Å². The summed E-state index contributed by atoms with van der Waals surface area (Å²) in [6.07, 6.45) is 1.76. The van der Waals surface area contributed by atoms with Crippen molar-refractivity contribution < 1.29 is 4.74 Å². The van der Waals surface area contributed by atoms with Crippen LogP contribution in [0.1, 0.15) is 11.3 Å². The number of benzene rings is 1. The molecular formula is C15H18ClN3OS. The van der Waals surface area contributed by atoms with E-state index < -0.39 is 0 Å². The van der Waals surface area contributed by atoms with Crippen molar-refractivity contribution in [1.29, 1.82) is 0 Å². The highest BCUT2D eigenvalue weighted by molar-refractivity contribution is 7.99. The molecule has 1 aromatic heterocycles. The maximum atomic E-state index is 6.33. The highest BCUT2D eigenvalue weighted by atomic mass is 35.5. The van der Waals surface area contributed by atoms with Crippen LogP contribution in [0.25, 0.3) is 0 Å². The number of hydrogen-bond donors (Lipinski definition) is 1. The minimum atomic E-state index is 0.701. The Kier molecular flexibility index (Phi) is 6.45. The summed E-state index contributed by atoms with van der Waals surface area (Å²) in [6.45, 7) is 4.24. The number of nitrogens with zero attached hydrogens (tertiary/aromatic N) is 2. The highest BCUT2D eigenvalue weighted by Crippen LogP contribution is 2.31. The van der Waals surface area contributed by atoms with Gasteiger partial charge in [0.05, 0.1) is 11.6 Å². The van der Waals surface area contributed by atoms with Gasteiger partial charge in [0.15, 0.2) is 5.16 Å². The summed E-state index contributed by atoms with van der Waals surface area (Å²) in [7, 11) is 1.69. The molecule has 4 nitrogen and oxygen atoms in total. The molecule has 2 aromatic rings. The Hall–Kier alpha value is -1.14. The van der Waals surface area contributed by atoms with E-state index >= 15 is 0 Å². The fourth-order valence-corrected chi connectivity index (χ4v) is 2.83. The van der Waals surface area contributed by atoms with Crippen LogP contribution in [0.2, 0.25) is 5.02 Å². The molecule has 0 atom stereocenters. The van der Waals surface area contributed by atoms with E-state index in [1.54, 1.807) is 13.3 Å². The van der Waals surface area contributed by atoms with E-state index in [1.165, 1.54) is 11.8 Å². The Balaban J connectivity index is 1.98. The first-order valence-corrected chi connectivity index (χ1v) is 7.84. The quantitative estimate of drug-likeness (QED) is 0.625. The third kappa shape index (κ3) is 5.28. The van der Waals surface area contributed by atoms with Crippen molar-refractivity contribution in [1.82, 2.24) is 15.3 Å². The van der Waals surface area contributed by atoms with Gasteiger partial charge in [0.25, 0.3) is 0 Å². The molecule has 1 aromatic carbocycles. The van der Waals surface area contributed by atoms with E-state index in [-0.39, 0.29) is 0 Å². The maximum absolute atomic E-state index is 6.33. The number of rotatable bonds is 7. The molecule has 0 aliphatic heterocycles. The standard InChI is InChI=1S/C15H18ClN3OS/c1-11-5-6-18-15(19-11)21-14-4-3-12(9-13(14)16)10-17-7-8-20-2/h3-6,9,17H,7-8,10H2,1-2H3. The molecule has 112 valence electrons. The lowest BCUT2D eigenvalue weighted by Gasteiger charge is -2.08. The van der Waals surface area contributed by atoms with Crippen molar-refractivity contribution in [2.75, 3.05) is 20.3 Å². The second-order valence-corrected chi connectivity index (χ2v) is 5.93. The minimum Gasteiger partial charge on any atom is -0.383 e. The molecule has 0 aliphatic carbocycles. The average Bonchev–Trinajstić information content (AvgIpc) is 2.46. The monoisotopic (exact) mass is 323 g/mol. The van der Waals surface area contributed by atoms with Crippen molar-refractivity contribution in [2.45, 2.75) is 23.5 Å². The molecule has 0 fully saturated rings. The predicted molar refractivity (Wildman–Crippen MR) is 85.9 cm³/mol. The van der Waals surface area contributed by atoms with E-state index in [0.29, 0.717) is 11.8 Å². The molecule has 0 spiro atoms. The van der Waals surface area contributed by atoms with Gasteiger partial charge in [-0.15, -0.1) is 0 Å². The van der Waals surface area contributed by atoms with Gasteiger partial charge in [-0.1, -0.05) is 17.7 Å². The summed E-state index contributed by atoms with van der Waals surface area (Å²) in [4.78, 5) is 9.57. The van der Waals surface area contributed by atoms with E-state index in [1.807, 2.05) is 25.1 Å². The molecule has 2 rings (SSSR count). The second-order valence-electron chi connectivity index (χ2n) is 4.52. The fraction of sp³-hybridized carbons (Fsp3) is 0.333. The van der Waals surface area contributed by atoms with Crippen LogP contribution in [0.3, 0.4) is 0 Å². The van der Waals surface area contributed by atoms with Crippen LogP contribution >= 0.6 is 23.4 Å². The number of halogens is 1. The Morgan fingerprint density at radius 2 is 2.19 bits per heavy atom. The topological polar surface area (TPSA) is 47.0 Å². The molecule has 21 heavy (non-hydrogen) atoms. The van der Waals surface area contributed by atoms with Gasteiger partial charge < -0.3 is 10.1 Å². The summed E-state index contributed by atoms with van der Waals surface area (Å²) in [5.74, 6) is 0. The van der Waals surface area contributed by atoms with Crippen molar-refractivity contribution in [3.8, 4) is 0 Å². The SMILES string of the molecule is COCCNCc1ccc(Sc2nccc(C)n2)c(Cl)c1. The molecule has 1 heterocycles. The van der Waals surface area contributed by atoms with Gasteiger partial charge in [-0.25, -0.2) is 9.97 Å². The highest BCUT2D eigenvalue weighted by Gasteiger charge is 2.06. The van der Waals surface area contributed by atoms with Gasteiger partial charge in [-0.3, -0.25) is 0 Å². The smallest absolute Gasteiger partial charge is 0.192 e. The van der Waals surface area contributed by atoms with Gasteiger partial charge in [0.1, 0.15) is 0 Å². The molecule has 0 bridgehead atoms. The van der Waals surface area contributed by atoms with Gasteiger partial charge in [0.2, 0.25) is 0 Å². The Morgan fingerprint density at radius 3 is 2.90 bits per heavy atom. The average molecular weight is 324 g/mol.